The van der Waals surface area contributed by atoms with Gasteiger partial charge in [-0.05, 0) is 43.5 Å². The van der Waals surface area contributed by atoms with E-state index in [1.54, 1.807) is 11.3 Å². The molecule has 2 nitrogen and oxygen atoms in total. The second kappa shape index (κ2) is 6.47. The SMILES string of the molecule is CCc1sc(C(=O)N2CCC(C)Sc3ccccc32)cc1C. The molecule has 1 aromatic heterocycles. The molecule has 2 heterocycles. The van der Waals surface area contributed by atoms with Crippen LogP contribution >= 0.6 is 23.1 Å². The topological polar surface area (TPSA) is 20.3 Å². The van der Waals surface area contributed by atoms with Crippen LogP contribution in [0.15, 0.2) is 35.2 Å². The Morgan fingerprint density at radius 2 is 2.14 bits per heavy atom. The third kappa shape index (κ3) is 2.95. The maximum Gasteiger partial charge on any atom is 0.268 e. The van der Waals surface area contributed by atoms with Crippen molar-refractivity contribution in [2.75, 3.05) is 11.4 Å². The van der Waals surface area contributed by atoms with Crippen molar-refractivity contribution in [3.05, 3.63) is 45.6 Å². The van der Waals surface area contributed by atoms with Gasteiger partial charge in [0.05, 0.1) is 10.6 Å². The van der Waals surface area contributed by atoms with Crippen molar-refractivity contribution in [3.63, 3.8) is 0 Å². The van der Waals surface area contributed by atoms with Crippen molar-refractivity contribution < 1.29 is 4.79 Å². The molecule has 0 fully saturated rings. The van der Waals surface area contributed by atoms with Crippen LogP contribution in [-0.2, 0) is 6.42 Å². The van der Waals surface area contributed by atoms with Crippen molar-refractivity contribution in [3.8, 4) is 0 Å². The molecular formula is C18H21NOS2. The number of fused-ring (bicyclic) bond motifs is 1. The average Bonchev–Trinajstić information content (AvgIpc) is 2.80. The van der Waals surface area contributed by atoms with Gasteiger partial charge in [0.15, 0.2) is 0 Å². The van der Waals surface area contributed by atoms with E-state index in [0.717, 1.165) is 30.0 Å². The third-order valence-electron chi connectivity index (χ3n) is 4.04. The van der Waals surface area contributed by atoms with Gasteiger partial charge < -0.3 is 4.90 Å². The smallest absolute Gasteiger partial charge is 0.268 e. The number of aryl methyl sites for hydroxylation is 2. The first kappa shape index (κ1) is 15.6. The zero-order chi connectivity index (χ0) is 15.7. The van der Waals surface area contributed by atoms with Gasteiger partial charge in [0.2, 0.25) is 0 Å². The van der Waals surface area contributed by atoms with Gasteiger partial charge in [-0.15, -0.1) is 23.1 Å². The number of anilines is 1. The molecule has 0 aliphatic carbocycles. The van der Waals surface area contributed by atoms with Crippen LogP contribution < -0.4 is 4.90 Å². The molecule has 4 heteroatoms. The van der Waals surface area contributed by atoms with Crippen LogP contribution in [-0.4, -0.2) is 17.7 Å². The first-order valence-electron chi connectivity index (χ1n) is 7.77. The quantitative estimate of drug-likeness (QED) is 0.758. The van der Waals surface area contributed by atoms with Gasteiger partial charge in [-0.3, -0.25) is 4.79 Å². The fourth-order valence-corrected chi connectivity index (χ4v) is 4.98. The second-order valence-corrected chi connectivity index (χ2v) is 8.33. The number of amides is 1. The van der Waals surface area contributed by atoms with E-state index in [9.17, 15) is 4.79 Å². The van der Waals surface area contributed by atoms with Crippen LogP contribution in [0.4, 0.5) is 5.69 Å². The Morgan fingerprint density at radius 3 is 2.86 bits per heavy atom. The van der Waals surface area contributed by atoms with Gasteiger partial charge in [-0.25, -0.2) is 0 Å². The summed E-state index contributed by atoms with van der Waals surface area (Å²) in [5.41, 5.74) is 2.30. The van der Waals surface area contributed by atoms with E-state index in [-0.39, 0.29) is 5.91 Å². The largest absolute Gasteiger partial charge is 0.306 e. The van der Waals surface area contributed by atoms with Crippen LogP contribution in [0.5, 0.6) is 0 Å². The minimum Gasteiger partial charge on any atom is -0.306 e. The molecule has 2 aromatic rings. The Balaban J connectivity index is 1.97. The maximum absolute atomic E-state index is 13.0. The molecule has 1 aliphatic heterocycles. The van der Waals surface area contributed by atoms with E-state index in [1.165, 1.54) is 15.3 Å². The highest BCUT2D eigenvalue weighted by Gasteiger charge is 2.26. The van der Waals surface area contributed by atoms with Gasteiger partial charge >= 0.3 is 0 Å². The number of carbonyl (C=O) groups excluding carboxylic acids is 1. The third-order valence-corrected chi connectivity index (χ3v) is 6.65. The Kier molecular flexibility index (Phi) is 4.59. The van der Waals surface area contributed by atoms with E-state index in [0.29, 0.717) is 5.25 Å². The molecule has 0 spiro atoms. The summed E-state index contributed by atoms with van der Waals surface area (Å²) in [5, 5.41) is 0.537. The lowest BCUT2D eigenvalue weighted by Crippen LogP contribution is -2.31. The zero-order valence-corrected chi connectivity index (χ0v) is 14.9. The first-order valence-corrected chi connectivity index (χ1v) is 9.46. The number of hydrogen-bond donors (Lipinski definition) is 0. The monoisotopic (exact) mass is 331 g/mol. The maximum atomic E-state index is 13.0. The highest BCUT2D eigenvalue weighted by molar-refractivity contribution is 8.00. The standard InChI is InChI=1S/C18H21NOS2/c1-4-15-12(2)11-17(22-15)18(20)19-10-9-13(3)21-16-8-6-5-7-14(16)19/h5-8,11,13H,4,9-10H2,1-3H3. The van der Waals surface area contributed by atoms with E-state index >= 15 is 0 Å². The molecule has 0 N–H and O–H groups in total. The number of benzene rings is 1. The molecule has 0 saturated carbocycles. The summed E-state index contributed by atoms with van der Waals surface area (Å²) in [5.74, 6) is 0.148. The molecule has 22 heavy (non-hydrogen) atoms. The van der Waals surface area contributed by atoms with Gasteiger partial charge in [-0.1, -0.05) is 26.0 Å². The molecule has 0 radical (unpaired) electrons. The predicted molar refractivity (Wildman–Crippen MR) is 96.5 cm³/mol. The van der Waals surface area contributed by atoms with Crippen molar-refractivity contribution in [1.29, 1.82) is 0 Å². The summed E-state index contributed by atoms with van der Waals surface area (Å²) in [6.45, 7) is 7.27. The molecule has 1 aromatic carbocycles. The number of rotatable bonds is 2. The molecule has 0 bridgehead atoms. The first-order chi connectivity index (χ1) is 10.6. The number of thioether (sulfide) groups is 1. The van der Waals surface area contributed by atoms with Crippen LogP contribution in [0.2, 0.25) is 0 Å². The number of nitrogens with zero attached hydrogens (tertiary/aromatic N) is 1. The van der Waals surface area contributed by atoms with Gasteiger partial charge in [0, 0.05) is 21.6 Å². The lowest BCUT2D eigenvalue weighted by molar-refractivity contribution is 0.0990. The second-order valence-electron chi connectivity index (χ2n) is 5.71. The number of para-hydroxylation sites is 1. The normalized spacial score (nSPS) is 18.0. The summed E-state index contributed by atoms with van der Waals surface area (Å²) in [6.07, 6.45) is 2.02. The molecule has 1 aliphatic rings. The van der Waals surface area contributed by atoms with Crippen molar-refractivity contribution >= 4 is 34.7 Å². The summed E-state index contributed by atoms with van der Waals surface area (Å²) < 4.78 is 0. The molecule has 116 valence electrons. The molecule has 1 unspecified atom stereocenters. The fourth-order valence-electron chi connectivity index (χ4n) is 2.81. The van der Waals surface area contributed by atoms with E-state index in [2.05, 4.69) is 45.0 Å². The number of thiophene rings is 1. The Hall–Kier alpha value is -1.26. The van der Waals surface area contributed by atoms with E-state index in [4.69, 9.17) is 0 Å². The van der Waals surface area contributed by atoms with Gasteiger partial charge in [0.25, 0.3) is 5.91 Å². The van der Waals surface area contributed by atoms with Gasteiger partial charge in [-0.2, -0.15) is 0 Å². The molecule has 1 atom stereocenters. The summed E-state index contributed by atoms with van der Waals surface area (Å²) in [4.78, 5) is 18.4. The van der Waals surface area contributed by atoms with E-state index < -0.39 is 0 Å². The molecule has 3 rings (SSSR count). The Labute approximate surface area is 140 Å². The predicted octanol–water partition coefficient (Wildman–Crippen LogP) is 5.15. The van der Waals surface area contributed by atoms with Crippen molar-refractivity contribution in [1.82, 2.24) is 0 Å². The Morgan fingerprint density at radius 1 is 1.36 bits per heavy atom. The van der Waals surface area contributed by atoms with E-state index in [1.807, 2.05) is 22.7 Å². The molecular weight excluding hydrogens is 310 g/mol. The summed E-state index contributed by atoms with van der Waals surface area (Å²) in [7, 11) is 0. The highest BCUT2D eigenvalue weighted by Crippen LogP contribution is 2.38. The van der Waals surface area contributed by atoms with Crippen LogP contribution in [0.3, 0.4) is 0 Å². The lowest BCUT2D eigenvalue weighted by atomic mass is 10.2. The van der Waals surface area contributed by atoms with Crippen molar-refractivity contribution in [2.24, 2.45) is 0 Å². The molecule has 1 amide bonds. The minimum atomic E-state index is 0.148. The lowest BCUT2D eigenvalue weighted by Gasteiger charge is -2.21. The van der Waals surface area contributed by atoms with Crippen LogP contribution in [0.1, 0.15) is 40.4 Å². The Bertz CT molecular complexity index is 692. The van der Waals surface area contributed by atoms with Crippen molar-refractivity contribution in [2.45, 2.75) is 43.8 Å². The van der Waals surface area contributed by atoms with Crippen LogP contribution in [0.25, 0.3) is 0 Å². The summed E-state index contributed by atoms with van der Waals surface area (Å²) >= 11 is 3.52. The number of hydrogen-bond acceptors (Lipinski definition) is 3. The molecule has 0 saturated heterocycles. The minimum absolute atomic E-state index is 0.148. The van der Waals surface area contributed by atoms with Gasteiger partial charge in [0.1, 0.15) is 0 Å². The zero-order valence-electron chi connectivity index (χ0n) is 13.3. The van der Waals surface area contributed by atoms with Crippen LogP contribution in [0, 0.1) is 6.92 Å². The fraction of sp³-hybridized carbons (Fsp3) is 0.389. The number of carbonyl (C=O) groups is 1. The summed E-state index contributed by atoms with van der Waals surface area (Å²) in [6, 6.07) is 10.3. The average molecular weight is 332 g/mol. The highest BCUT2D eigenvalue weighted by atomic mass is 32.2.